The summed E-state index contributed by atoms with van der Waals surface area (Å²) in [6.45, 7) is 3.80. The number of aliphatic carboxylic acids is 1. The maximum Gasteiger partial charge on any atom is 0.357 e. The zero-order chi connectivity index (χ0) is 25.8. The lowest BCUT2D eigenvalue weighted by molar-refractivity contribution is -0.176. The van der Waals surface area contributed by atoms with Crippen molar-refractivity contribution >= 4 is 35.5 Å². The number of nitrogens with one attached hydrogen (secondary N) is 3. The molecule has 1 heterocycles. The van der Waals surface area contributed by atoms with Gasteiger partial charge < -0.3 is 25.8 Å². The first kappa shape index (κ1) is 28.6. The summed E-state index contributed by atoms with van der Waals surface area (Å²) in [6, 6.07) is 8.39. The maximum absolute atomic E-state index is 12.7. The van der Waals surface area contributed by atoms with Gasteiger partial charge in [0, 0.05) is 19.3 Å². The maximum atomic E-state index is 12.7. The summed E-state index contributed by atoms with van der Waals surface area (Å²) in [5.41, 5.74) is -0.929. The molecule has 194 valence electrons. The number of hydrogen-bond acceptors (Lipinski definition) is 6. The van der Waals surface area contributed by atoms with Crippen molar-refractivity contribution in [2.24, 2.45) is 5.92 Å². The first-order valence-corrected chi connectivity index (χ1v) is 13.4. The van der Waals surface area contributed by atoms with Crippen molar-refractivity contribution in [2.75, 3.05) is 18.6 Å². The van der Waals surface area contributed by atoms with Crippen molar-refractivity contribution in [3.8, 4) is 0 Å². The van der Waals surface area contributed by atoms with E-state index < -0.39 is 29.7 Å². The predicted octanol–water partition coefficient (Wildman–Crippen LogP) is 2.10. The van der Waals surface area contributed by atoms with Crippen molar-refractivity contribution < 1.29 is 29.0 Å². The Kier molecular flexibility index (Phi) is 11.5. The van der Waals surface area contributed by atoms with Gasteiger partial charge in [0.05, 0.1) is 12.6 Å². The third kappa shape index (κ3) is 8.85. The van der Waals surface area contributed by atoms with Gasteiger partial charge in [0.15, 0.2) is 0 Å². The fourth-order valence-electron chi connectivity index (χ4n) is 3.79. The largest absolute Gasteiger partial charge is 0.478 e. The minimum atomic E-state index is -1.91. The number of rotatable bonds is 15. The quantitative estimate of drug-likeness (QED) is 0.267. The van der Waals surface area contributed by atoms with E-state index in [9.17, 15) is 24.3 Å². The smallest absolute Gasteiger partial charge is 0.357 e. The van der Waals surface area contributed by atoms with Gasteiger partial charge >= 0.3 is 5.97 Å². The van der Waals surface area contributed by atoms with E-state index in [0.717, 1.165) is 12.0 Å². The van der Waals surface area contributed by atoms with E-state index in [2.05, 4.69) is 16.0 Å². The van der Waals surface area contributed by atoms with Crippen LogP contribution < -0.4 is 16.0 Å². The zero-order valence-corrected chi connectivity index (χ0v) is 21.5. The molecule has 0 radical (unpaired) electrons. The second-order valence-corrected chi connectivity index (χ2v) is 9.86. The van der Waals surface area contributed by atoms with Gasteiger partial charge in [0.25, 0.3) is 0 Å². The molecule has 4 atom stereocenters. The van der Waals surface area contributed by atoms with Crippen LogP contribution in [0.4, 0.5) is 0 Å². The van der Waals surface area contributed by atoms with Gasteiger partial charge in [-0.05, 0) is 36.3 Å². The Balaban J connectivity index is 2.10. The highest BCUT2D eigenvalue weighted by atomic mass is 32.2. The molecular weight excluding hydrogens is 470 g/mol. The molecule has 0 aromatic heterocycles. The molecule has 4 N–H and O–H groups in total. The monoisotopic (exact) mass is 507 g/mol. The van der Waals surface area contributed by atoms with Crippen LogP contribution in [0, 0.1) is 5.92 Å². The van der Waals surface area contributed by atoms with Crippen LogP contribution in [0.1, 0.15) is 51.5 Å². The number of carbonyl (C=O) groups is 4. The van der Waals surface area contributed by atoms with E-state index in [0.29, 0.717) is 25.0 Å². The Morgan fingerprint density at radius 2 is 2.00 bits per heavy atom. The highest BCUT2D eigenvalue weighted by molar-refractivity contribution is 7.98. The van der Waals surface area contributed by atoms with Gasteiger partial charge in [-0.15, -0.1) is 0 Å². The number of thioether (sulfide) groups is 1. The Morgan fingerprint density at radius 3 is 2.57 bits per heavy atom. The second-order valence-electron chi connectivity index (χ2n) is 8.88. The molecule has 0 bridgehead atoms. The SMILES string of the molecule is CC[C@H](C)[C@@H](CO[C@](CCSC)(NC(=O)CCc1ccccc1)C(=O)O)NC(=O)[C@@H]1CCC(=O)N1. The molecule has 10 heteroatoms. The third-order valence-electron chi connectivity index (χ3n) is 6.31. The first-order valence-electron chi connectivity index (χ1n) is 12.0. The van der Waals surface area contributed by atoms with E-state index in [1.54, 1.807) is 0 Å². The van der Waals surface area contributed by atoms with Crippen LogP contribution >= 0.6 is 11.8 Å². The molecule has 1 aliphatic rings. The van der Waals surface area contributed by atoms with Crippen molar-refractivity contribution in [1.82, 2.24) is 16.0 Å². The predicted molar refractivity (Wildman–Crippen MR) is 135 cm³/mol. The third-order valence-corrected chi connectivity index (χ3v) is 6.92. The second kappa shape index (κ2) is 14.1. The van der Waals surface area contributed by atoms with Gasteiger partial charge in [-0.1, -0.05) is 50.6 Å². The van der Waals surface area contributed by atoms with Crippen molar-refractivity contribution in [2.45, 2.75) is 70.2 Å². The summed E-state index contributed by atoms with van der Waals surface area (Å²) >= 11 is 1.45. The van der Waals surface area contributed by atoms with E-state index in [-0.39, 0.29) is 37.2 Å². The van der Waals surface area contributed by atoms with Crippen LogP contribution in [-0.2, 0) is 30.3 Å². The van der Waals surface area contributed by atoms with Gasteiger partial charge in [0.2, 0.25) is 23.4 Å². The molecule has 1 aromatic rings. The number of ether oxygens (including phenoxy) is 1. The molecule has 0 unspecified atom stereocenters. The Morgan fingerprint density at radius 1 is 1.29 bits per heavy atom. The fraction of sp³-hybridized carbons (Fsp3) is 0.600. The summed E-state index contributed by atoms with van der Waals surface area (Å²) < 4.78 is 5.94. The number of hydrogen-bond donors (Lipinski definition) is 4. The summed E-state index contributed by atoms with van der Waals surface area (Å²) in [6.07, 6.45) is 3.96. The molecule has 1 aliphatic heterocycles. The average Bonchev–Trinajstić information content (AvgIpc) is 3.29. The number of benzene rings is 1. The summed E-state index contributed by atoms with van der Waals surface area (Å²) in [4.78, 5) is 49.3. The molecule has 3 amide bonds. The van der Waals surface area contributed by atoms with Crippen LogP contribution in [-0.4, -0.2) is 65.2 Å². The molecule has 0 saturated carbocycles. The van der Waals surface area contributed by atoms with Crippen LogP contribution in [0.2, 0.25) is 0 Å². The van der Waals surface area contributed by atoms with Crippen LogP contribution in [0.5, 0.6) is 0 Å². The van der Waals surface area contributed by atoms with Crippen molar-refractivity contribution in [1.29, 1.82) is 0 Å². The lowest BCUT2D eigenvalue weighted by Crippen LogP contribution is -2.59. The normalized spacial score (nSPS) is 18.7. The van der Waals surface area contributed by atoms with E-state index in [1.807, 2.05) is 50.4 Å². The summed E-state index contributed by atoms with van der Waals surface area (Å²) in [7, 11) is 0. The summed E-state index contributed by atoms with van der Waals surface area (Å²) in [5, 5.41) is 18.3. The molecule has 2 rings (SSSR count). The van der Waals surface area contributed by atoms with Crippen molar-refractivity contribution in [3.05, 3.63) is 35.9 Å². The van der Waals surface area contributed by atoms with Gasteiger partial charge in [-0.25, -0.2) is 4.79 Å². The molecule has 0 spiro atoms. The Bertz CT molecular complexity index is 868. The zero-order valence-electron chi connectivity index (χ0n) is 20.7. The topological polar surface area (TPSA) is 134 Å². The van der Waals surface area contributed by atoms with Gasteiger partial charge in [0.1, 0.15) is 6.04 Å². The molecule has 0 aliphatic carbocycles. The minimum absolute atomic E-state index is 0.0168. The number of amides is 3. The van der Waals surface area contributed by atoms with Gasteiger partial charge in [-0.3, -0.25) is 14.4 Å². The fourth-order valence-corrected chi connectivity index (χ4v) is 4.28. The van der Waals surface area contributed by atoms with Crippen LogP contribution in [0.15, 0.2) is 30.3 Å². The number of carboxylic acids is 1. The van der Waals surface area contributed by atoms with E-state index in [1.165, 1.54) is 11.8 Å². The molecule has 1 saturated heterocycles. The average molecular weight is 508 g/mol. The van der Waals surface area contributed by atoms with Crippen LogP contribution in [0.25, 0.3) is 0 Å². The molecular formula is C25H37N3O6S. The van der Waals surface area contributed by atoms with Crippen molar-refractivity contribution in [3.63, 3.8) is 0 Å². The van der Waals surface area contributed by atoms with E-state index in [4.69, 9.17) is 4.74 Å². The standard InChI is InChI=1S/C25H37N3O6S/c1-4-17(2)20(27-23(31)19-11-13-21(29)26-19)16-34-25(24(32)33,14-15-35-3)28-22(30)12-10-18-8-6-5-7-9-18/h5-9,17,19-20H,4,10-16H2,1-3H3,(H,26,29)(H,27,31)(H,28,30)(H,32,33)/t17-,19-,20+,25-/m0/s1. The first-order chi connectivity index (χ1) is 16.7. The molecule has 1 aromatic carbocycles. The van der Waals surface area contributed by atoms with Crippen LogP contribution in [0.3, 0.4) is 0 Å². The lowest BCUT2D eigenvalue weighted by Gasteiger charge is -2.34. The highest BCUT2D eigenvalue weighted by Crippen LogP contribution is 2.20. The number of aryl methyl sites for hydroxylation is 1. The summed E-state index contributed by atoms with van der Waals surface area (Å²) in [5.74, 6) is -1.74. The highest BCUT2D eigenvalue weighted by Gasteiger charge is 2.42. The number of carbonyl (C=O) groups excluding carboxylic acids is 3. The molecule has 9 nitrogen and oxygen atoms in total. The van der Waals surface area contributed by atoms with Gasteiger partial charge in [-0.2, -0.15) is 11.8 Å². The Labute approximate surface area is 211 Å². The molecule has 35 heavy (non-hydrogen) atoms. The lowest BCUT2D eigenvalue weighted by atomic mass is 9.99. The number of carboxylic acid groups (broad SMARTS) is 1. The Hall–Kier alpha value is -2.59. The van der Waals surface area contributed by atoms with E-state index >= 15 is 0 Å². The minimum Gasteiger partial charge on any atom is -0.478 e. The molecule has 1 fully saturated rings.